The summed E-state index contributed by atoms with van der Waals surface area (Å²) in [5, 5.41) is 1.55. The van der Waals surface area contributed by atoms with E-state index in [9.17, 15) is 0 Å². The standard InChI is InChI=1S/C25H25.C13H21.2C7H5Cl.2ClH.Zr/c1-14-12-24(3,4)22-8-16-7-17-9-23-19(15(2)13-25(23,5)6)11-21(17)20(16)10-18(14)22;1-6-10-8-11(7-2)12(9-10)13(3,4)5;2*1-6-2-4-7(8)5-3-6;;;/h8-12H,7H2,1-6H3;9-10H,6-7H2,1-5H3;2*1-5H;2*1H;. The maximum Gasteiger partial charge on any atom is -0.147 e. The van der Waals surface area contributed by atoms with Crippen LogP contribution < -0.4 is 0 Å². The minimum atomic E-state index is -4.11. The number of fused-ring (bicyclic) bond motifs is 5. The second kappa shape index (κ2) is 15.6. The number of allylic oxidation sites excluding steroid dienone is 8. The molecule has 4 aromatic carbocycles. The Morgan fingerprint density at radius 1 is 0.719 bits per heavy atom. The molecular formula is C52H58Cl4Zr. The number of rotatable bonds is 6. The summed E-state index contributed by atoms with van der Waals surface area (Å²) >= 11 is 9.02. The third kappa shape index (κ3) is 7.23. The van der Waals surface area contributed by atoms with E-state index in [1.165, 1.54) is 72.4 Å². The Morgan fingerprint density at radius 3 is 1.72 bits per heavy atom. The number of hydrogen-bond donors (Lipinski definition) is 0. The summed E-state index contributed by atoms with van der Waals surface area (Å²) in [6.45, 7) is 26.5. The van der Waals surface area contributed by atoms with E-state index >= 15 is 0 Å². The van der Waals surface area contributed by atoms with E-state index in [1.54, 1.807) is 12.1 Å². The first kappa shape index (κ1) is 44.2. The zero-order valence-electron chi connectivity index (χ0n) is 35.5. The third-order valence-electron chi connectivity index (χ3n) is 13.3. The fourth-order valence-electron chi connectivity index (χ4n) is 11.1. The van der Waals surface area contributed by atoms with Crippen LogP contribution in [0.2, 0.25) is 10.0 Å². The normalized spacial score (nSPS) is 18.3. The number of hydrogen-bond acceptors (Lipinski definition) is 0. The topological polar surface area (TPSA) is 0 Å². The first-order valence-corrected chi connectivity index (χ1v) is 26.4. The van der Waals surface area contributed by atoms with Gasteiger partial charge in [0.25, 0.3) is 0 Å². The zero-order chi connectivity index (χ0) is 39.4. The Kier molecular flexibility index (Phi) is 12.1. The average Bonchev–Trinajstić information content (AvgIpc) is 3.81. The maximum atomic E-state index is 6.56. The molecule has 0 amide bonds. The van der Waals surface area contributed by atoms with E-state index in [0.29, 0.717) is 5.92 Å². The molecule has 0 N–H and O–H groups in total. The van der Waals surface area contributed by atoms with Gasteiger partial charge in [0, 0.05) is 0 Å². The van der Waals surface area contributed by atoms with E-state index in [1.807, 2.05) is 0 Å². The molecule has 0 aliphatic heterocycles. The molecule has 4 aliphatic rings. The van der Waals surface area contributed by atoms with Crippen molar-refractivity contribution in [3.63, 3.8) is 0 Å². The quantitative estimate of drug-likeness (QED) is 0.159. The molecule has 57 heavy (non-hydrogen) atoms. The van der Waals surface area contributed by atoms with Crippen LogP contribution in [-0.4, -0.2) is 7.42 Å². The van der Waals surface area contributed by atoms with Crippen molar-refractivity contribution >= 4 is 66.6 Å². The largest absolute Gasteiger partial charge is 0.147 e. The monoisotopic (exact) mass is 912 g/mol. The van der Waals surface area contributed by atoms with Gasteiger partial charge in [-0.1, -0.05) is 0 Å². The first-order chi connectivity index (χ1) is 25.9. The van der Waals surface area contributed by atoms with Crippen LogP contribution >= 0.6 is 48.0 Å². The Morgan fingerprint density at radius 2 is 1.23 bits per heavy atom. The van der Waals surface area contributed by atoms with Crippen LogP contribution in [0.5, 0.6) is 0 Å². The predicted octanol–water partition coefficient (Wildman–Crippen LogP) is 15.7. The predicted molar refractivity (Wildman–Crippen MR) is 253 cm³/mol. The summed E-state index contributed by atoms with van der Waals surface area (Å²) in [6, 6.07) is 27.5. The Hall–Kier alpha value is -2.38. The fraction of sp³-hybridized carbons (Fsp3) is 0.346. The van der Waals surface area contributed by atoms with Crippen molar-refractivity contribution in [2.24, 2.45) is 11.3 Å². The molecule has 0 radical (unpaired) electrons. The molecule has 0 fully saturated rings. The van der Waals surface area contributed by atoms with Crippen LogP contribution in [0.25, 0.3) is 22.3 Å². The molecular weight excluding hydrogens is 858 g/mol. The van der Waals surface area contributed by atoms with Crippen LogP contribution in [0.15, 0.2) is 103 Å². The van der Waals surface area contributed by atoms with E-state index in [0.717, 1.165) is 29.3 Å². The first-order valence-electron chi connectivity index (χ1n) is 20.4. The van der Waals surface area contributed by atoms with Gasteiger partial charge in [-0.15, -0.1) is 24.8 Å². The SMILES string of the molecule is CCC1=[C]([Zr](=[CH]c2ccc(Cl)cc2)(=[CH]c2ccc(Cl)cc2)[C]2=C(C)c3cc4c(cc3C2(C)C)Cc2cc3c(cc2-4)C(C)=CC3(C)C)C(CC)C=C1C(C)(C)C.Cl.Cl. The van der Waals surface area contributed by atoms with Gasteiger partial charge < -0.3 is 0 Å². The number of benzene rings is 4. The molecule has 5 heteroatoms. The molecule has 298 valence electrons. The molecule has 0 heterocycles. The van der Waals surface area contributed by atoms with E-state index in [-0.39, 0.29) is 41.1 Å². The average molecular weight is 916 g/mol. The Labute approximate surface area is 368 Å². The maximum absolute atomic E-state index is 6.56. The summed E-state index contributed by atoms with van der Waals surface area (Å²) in [7, 11) is 0. The van der Waals surface area contributed by atoms with Gasteiger partial charge in [-0.2, -0.15) is 0 Å². The second-order valence-electron chi connectivity index (χ2n) is 18.8. The van der Waals surface area contributed by atoms with E-state index in [4.69, 9.17) is 23.2 Å². The summed E-state index contributed by atoms with van der Waals surface area (Å²) in [5.74, 6) is 0.381. The van der Waals surface area contributed by atoms with Crippen molar-refractivity contribution in [2.45, 2.75) is 106 Å². The van der Waals surface area contributed by atoms with Crippen molar-refractivity contribution in [3.8, 4) is 11.1 Å². The molecule has 0 saturated carbocycles. The smallest absolute Gasteiger partial charge is 0.147 e. The van der Waals surface area contributed by atoms with Crippen LogP contribution in [0, 0.1) is 11.3 Å². The Balaban J connectivity index is 0.00000275. The van der Waals surface area contributed by atoms with Crippen molar-refractivity contribution in [2.75, 3.05) is 0 Å². The van der Waals surface area contributed by atoms with Gasteiger partial charge in [0.05, 0.1) is 0 Å². The van der Waals surface area contributed by atoms with Crippen molar-refractivity contribution < 1.29 is 19.3 Å². The van der Waals surface area contributed by atoms with Crippen molar-refractivity contribution in [3.05, 3.63) is 157 Å². The minimum Gasteiger partial charge on any atom is -0.147 e. The van der Waals surface area contributed by atoms with Gasteiger partial charge in [-0.25, -0.2) is 0 Å². The van der Waals surface area contributed by atoms with Crippen molar-refractivity contribution in [1.29, 1.82) is 0 Å². The van der Waals surface area contributed by atoms with Crippen molar-refractivity contribution in [1.82, 2.24) is 0 Å². The van der Waals surface area contributed by atoms with Crippen LogP contribution in [0.4, 0.5) is 0 Å². The van der Waals surface area contributed by atoms with Gasteiger partial charge >= 0.3 is 347 Å². The summed E-state index contributed by atoms with van der Waals surface area (Å²) in [5.41, 5.74) is 20.1. The molecule has 0 aromatic heterocycles. The summed E-state index contributed by atoms with van der Waals surface area (Å²) in [4.78, 5) is 0. The second-order valence-corrected chi connectivity index (χ2v) is 27.9. The van der Waals surface area contributed by atoms with Gasteiger partial charge in [-0.05, 0) is 0 Å². The Bertz CT molecular complexity index is 2500. The van der Waals surface area contributed by atoms with Crippen LogP contribution in [0.3, 0.4) is 0 Å². The third-order valence-corrected chi connectivity index (χ3v) is 26.0. The van der Waals surface area contributed by atoms with E-state index in [2.05, 4.69) is 169 Å². The zero-order valence-corrected chi connectivity index (χ0v) is 41.1. The van der Waals surface area contributed by atoms with E-state index < -0.39 is 19.3 Å². The van der Waals surface area contributed by atoms with Crippen LogP contribution in [-0.2, 0) is 36.5 Å². The molecule has 0 saturated heterocycles. The summed E-state index contributed by atoms with van der Waals surface area (Å²) in [6.07, 6.45) is 8.22. The molecule has 4 aliphatic carbocycles. The molecule has 8 rings (SSSR count). The fourth-order valence-corrected chi connectivity index (χ4v) is 26.1. The van der Waals surface area contributed by atoms with Gasteiger partial charge in [-0.3, -0.25) is 0 Å². The molecule has 4 aromatic rings. The molecule has 1 atom stereocenters. The number of halogens is 4. The van der Waals surface area contributed by atoms with Gasteiger partial charge in [0.2, 0.25) is 0 Å². The minimum absolute atomic E-state index is 0. The summed E-state index contributed by atoms with van der Waals surface area (Å²) < 4.78 is 8.95. The molecule has 0 bridgehead atoms. The molecule has 1 unspecified atom stereocenters. The molecule has 0 nitrogen and oxygen atoms in total. The molecule has 0 spiro atoms. The van der Waals surface area contributed by atoms with Gasteiger partial charge in [0.15, 0.2) is 0 Å². The van der Waals surface area contributed by atoms with Gasteiger partial charge in [0.1, 0.15) is 0 Å². The van der Waals surface area contributed by atoms with Crippen LogP contribution in [0.1, 0.15) is 134 Å².